The summed E-state index contributed by atoms with van der Waals surface area (Å²) in [5.41, 5.74) is 0. The Kier molecular flexibility index (Phi) is 3.36. The molecule has 3 fully saturated rings. The molecule has 3 unspecified atom stereocenters. The summed E-state index contributed by atoms with van der Waals surface area (Å²) in [4.78, 5) is 0. The highest BCUT2D eigenvalue weighted by atomic mass is 32.2. The van der Waals surface area contributed by atoms with Crippen LogP contribution in [-0.2, 0) is 14.9 Å². The van der Waals surface area contributed by atoms with Crippen LogP contribution in [0.1, 0.15) is 6.92 Å². The SMILES string of the molecule is CC1C2CNCC2CN1S(=O)(=O)N1CCOCC1. The van der Waals surface area contributed by atoms with Gasteiger partial charge in [0.25, 0.3) is 10.2 Å². The van der Waals surface area contributed by atoms with Crippen LogP contribution in [0.4, 0.5) is 0 Å². The number of hydrogen-bond donors (Lipinski definition) is 1. The molecule has 3 rings (SSSR count). The molecule has 0 saturated carbocycles. The van der Waals surface area contributed by atoms with Crippen LogP contribution in [0.2, 0.25) is 0 Å². The molecular weight excluding hydrogens is 254 g/mol. The Morgan fingerprint density at radius 3 is 2.61 bits per heavy atom. The van der Waals surface area contributed by atoms with Crippen LogP contribution in [0.15, 0.2) is 0 Å². The second kappa shape index (κ2) is 4.72. The van der Waals surface area contributed by atoms with Gasteiger partial charge in [0.15, 0.2) is 0 Å². The van der Waals surface area contributed by atoms with Crippen LogP contribution >= 0.6 is 0 Å². The van der Waals surface area contributed by atoms with Gasteiger partial charge < -0.3 is 10.1 Å². The van der Waals surface area contributed by atoms with Gasteiger partial charge in [-0.15, -0.1) is 0 Å². The monoisotopic (exact) mass is 275 g/mol. The molecule has 6 nitrogen and oxygen atoms in total. The first-order valence-corrected chi connectivity index (χ1v) is 8.06. The zero-order chi connectivity index (χ0) is 12.8. The minimum atomic E-state index is -3.29. The van der Waals surface area contributed by atoms with Crippen molar-refractivity contribution in [2.24, 2.45) is 11.8 Å². The van der Waals surface area contributed by atoms with Gasteiger partial charge in [-0.25, -0.2) is 0 Å². The topological polar surface area (TPSA) is 61.9 Å². The zero-order valence-corrected chi connectivity index (χ0v) is 11.5. The molecule has 3 atom stereocenters. The standard InChI is InChI=1S/C11H21N3O3S/c1-9-11-7-12-6-10(11)8-14(9)18(15,16)13-2-4-17-5-3-13/h9-12H,2-8H2,1H3. The molecule has 18 heavy (non-hydrogen) atoms. The Morgan fingerprint density at radius 2 is 1.94 bits per heavy atom. The van der Waals surface area contributed by atoms with E-state index in [9.17, 15) is 8.42 Å². The molecule has 0 radical (unpaired) electrons. The van der Waals surface area contributed by atoms with E-state index >= 15 is 0 Å². The highest BCUT2D eigenvalue weighted by Crippen LogP contribution is 2.35. The van der Waals surface area contributed by atoms with Crippen molar-refractivity contribution in [1.29, 1.82) is 0 Å². The Hall–Kier alpha value is -0.210. The van der Waals surface area contributed by atoms with Gasteiger partial charge in [0, 0.05) is 25.7 Å². The average Bonchev–Trinajstić information content (AvgIpc) is 2.94. The lowest BCUT2D eigenvalue weighted by Gasteiger charge is -2.32. The molecule has 0 aromatic carbocycles. The molecule has 3 aliphatic rings. The molecule has 0 aromatic heterocycles. The minimum absolute atomic E-state index is 0.109. The van der Waals surface area contributed by atoms with Crippen molar-refractivity contribution in [3.63, 3.8) is 0 Å². The quantitative estimate of drug-likeness (QED) is 0.710. The molecule has 0 bridgehead atoms. The van der Waals surface area contributed by atoms with E-state index < -0.39 is 10.2 Å². The fraction of sp³-hybridized carbons (Fsp3) is 1.00. The Labute approximate surface area is 108 Å². The van der Waals surface area contributed by atoms with Crippen LogP contribution in [0, 0.1) is 11.8 Å². The van der Waals surface area contributed by atoms with Gasteiger partial charge in [-0.1, -0.05) is 0 Å². The van der Waals surface area contributed by atoms with Gasteiger partial charge in [0.05, 0.1) is 13.2 Å². The molecular formula is C11H21N3O3S. The maximum absolute atomic E-state index is 12.6. The van der Waals surface area contributed by atoms with Crippen molar-refractivity contribution in [3.8, 4) is 0 Å². The fourth-order valence-electron chi connectivity index (χ4n) is 3.36. The van der Waals surface area contributed by atoms with Gasteiger partial charge in [0.1, 0.15) is 0 Å². The first-order chi connectivity index (χ1) is 8.60. The summed E-state index contributed by atoms with van der Waals surface area (Å²) in [7, 11) is -3.29. The molecule has 7 heteroatoms. The lowest BCUT2D eigenvalue weighted by Crippen LogP contribution is -2.50. The third-order valence-corrected chi connectivity index (χ3v) is 6.57. The Bertz CT molecular complexity index is 408. The summed E-state index contributed by atoms with van der Waals surface area (Å²) in [6.07, 6.45) is 0. The molecule has 0 aromatic rings. The molecule has 0 amide bonds. The fourth-order valence-corrected chi connectivity index (χ4v) is 5.22. The second-order valence-corrected chi connectivity index (χ2v) is 7.29. The third-order valence-electron chi connectivity index (χ3n) is 4.47. The molecule has 3 aliphatic heterocycles. The van der Waals surface area contributed by atoms with Crippen molar-refractivity contribution in [2.45, 2.75) is 13.0 Å². The minimum Gasteiger partial charge on any atom is -0.379 e. The number of nitrogens with one attached hydrogen (secondary N) is 1. The Morgan fingerprint density at radius 1 is 1.22 bits per heavy atom. The van der Waals surface area contributed by atoms with E-state index in [-0.39, 0.29) is 6.04 Å². The van der Waals surface area contributed by atoms with Gasteiger partial charge in [0.2, 0.25) is 0 Å². The van der Waals surface area contributed by atoms with Gasteiger partial charge in [-0.05, 0) is 31.8 Å². The van der Waals surface area contributed by atoms with E-state index in [1.54, 1.807) is 8.61 Å². The van der Waals surface area contributed by atoms with E-state index in [0.717, 1.165) is 13.1 Å². The highest BCUT2D eigenvalue weighted by Gasteiger charge is 2.48. The van der Waals surface area contributed by atoms with Crippen molar-refractivity contribution in [2.75, 3.05) is 45.9 Å². The number of morpholine rings is 1. The Balaban J connectivity index is 1.77. The summed E-state index contributed by atoms with van der Waals surface area (Å²) in [5.74, 6) is 0.955. The number of hydrogen-bond acceptors (Lipinski definition) is 4. The lowest BCUT2D eigenvalue weighted by atomic mass is 9.95. The summed E-state index contributed by atoms with van der Waals surface area (Å²) in [5, 5.41) is 3.35. The van der Waals surface area contributed by atoms with E-state index in [1.165, 1.54) is 0 Å². The summed E-state index contributed by atoms with van der Waals surface area (Å²) in [6, 6.07) is 0.109. The lowest BCUT2D eigenvalue weighted by molar-refractivity contribution is 0.0698. The van der Waals surface area contributed by atoms with Crippen molar-refractivity contribution >= 4 is 10.2 Å². The maximum atomic E-state index is 12.6. The van der Waals surface area contributed by atoms with Gasteiger partial charge in [-0.2, -0.15) is 17.0 Å². The zero-order valence-electron chi connectivity index (χ0n) is 10.7. The van der Waals surface area contributed by atoms with Crippen LogP contribution in [0.5, 0.6) is 0 Å². The van der Waals surface area contributed by atoms with Crippen molar-refractivity contribution in [1.82, 2.24) is 13.9 Å². The number of nitrogens with zero attached hydrogens (tertiary/aromatic N) is 2. The van der Waals surface area contributed by atoms with Crippen LogP contribution in [0.3, 0.4) is 0 Å². The smallest absolute Gasteiger partial charge is 0.282 e. The van der Waals surface area contributed by atoms with E-state index in [2.05, 4.69) is 5.32 Å². The highest BCUT2D eigenvalue weighted by molar-refractivity contribution is 7.86. The second-order valence-electron chi connectivity index (χ2n) is 5.41. The van der Waals surface area contributed by atoms with Crippen molar-refractivity contribution in [3.05, 3.63) is 0 Å². The van der Waals surface area contributed by atoms with Crippen LogP contribution in [0.25, 0.3) is 0 Å². The van der Waals surface area contributed by atoms with E-state index in [0.29, 0.717) is 44.7 Å². The summed E-state index contributed by atoms with van der Waals surface area (Å²) in [6.45, 7) is 6.59. The van der Waals surface area contributed by atoms with Crippen LogP contribution < -0.4 is 5.32 Å². The molecule has 104 valence electrons. The number of rotatable bonds is 2. The van der Waals surface area contributed by atoms with Gasteiger partial charge in [-0.3, -0.25) is 0 Å². The molecule has 0 spiro atoms. The maximum Gasteiger partial charge on any atom is 0.282 e. The third kappa shape index (κ3) is 1.98. The van der Waals surface area contributed by atoms with E-state index in [1.807, 2.05) is 6.92 Å². The first-order valence-electron chi connectivity index (χ1n) is 6.66. The first kappa shape index (κ1) is 12.8. The predicted octanol–water partition coefficient (Wildman–Crippen LogP) is -0.897. The summed E-state index contributed by atoms with van der Waals surface area (Å²) >= 11 is 0. The summed E-state index contributed by atoms with van der Waals surface area (Å²) < 4.78 is 33.7. The average molecular weight is 275 g/mol. The van der Waals surface area contributed by atoms with Crippen molar-refractivity contribution < 1.29 is 13.2 Å². The largest absolute Gasteiger partial charge is 0.379 e. The number of ether oxygens (including phenoxy) is 1. The number of fused-ring (bicyclic) bond motifs is 1. The predicted molar refractivity (Wildman–Crippen MR) is 67.3 cm³/mol. The van der Waals surface area contributed by atoms with Crippen LogP contribution in [-0.4, -0.2) is 69.0 Å². The normalized spacial score (nSPS) is 39.1. The molecule has 3 saturated heterocycles. The van der Waals surface area contributed by atoms with E-state index in [4.69, 9.17) is 4.74 Å². The molecule has 0 aliphatic carbocycles. The molecule has 3 heterocycles. The van der Waals surface area contributed by atoms with Gasteiger partial charge >= 0.3 is 0 Å². The molecule has 1 N–H and O–H groups in total.